The van der Waals surface area contributed by atoms with Gasteiger partial charge in [-0.2, -0.15) is 0 Å². The van der Waals surface area contributed by atoms with Crippen LogP contribution in [0.1, 0.15) is 51.9 Å². The topological polar surface area (TPSA) is 58.6 Å². The molecule has 0 radical (unpaired) electrons. The molecule has 0 rings (SSSR count). The van der Waals surface area contributed by atoms with E-state index in [-0.39, 0.29) is 12.5 Å². The van der Waals surface area contributed by atoms with E-state index in [9.17, 15) is 4.79 Å². The van der Waals surface area contributed by atoms with E-state index < -0.39 is 0 Å². The molecule has 0 heterocycles. The summed E-state index contributed by atoms with van der Waals surface area (Å²) in [5, 5.41) is 11.3. The molecule has 0 aromatic heterocycles. The van der Waals surface area contributed by atoms with E-state index in [0.717, 1.165) is 19.3 Å². The van der Waals surface area contributed by atoms with Gasteiger partial charge in [0.2, 0.25) is 5.91 Å². The number of ether oxygens (including phenoxy) is 1. The Balaban J connectivity index is 3.12. The second-order valence-electron chi connectivity index (χ2n) is 4.20. The summed E-state index contributed by atoms with van der Waals surface area (Å²) in [4.78, 5) is 11.4. The van der Waals surface area contributed by atoms with Gasteiger partial charge in [-0.05, 0) is 12.8 Å². The maximum Gasteiger partial charge on any atom is 0.219 e. The van der Waals surface area contributed by atoms with E-state index in [1.165, 1.54) is 19.3 Å². The molecule has 1 amide bonds. The monoisotopic (exact) mass is 245 g/mol. The van der Waals surface area contributed by atoms with E-state index in [2.05, 4.69) is 12.2 Å². The Morgan fingerprint density at radius 2 is 1.88 bits per heavy atom. The molecule has 0 aliphatic heterocycles. The maximum absolute atomic E-state index is 11.4. The van der Waals surface area contributed by atoms with Crippen LogP contribution < -0.4 is 5.32 Å². The molecule has 0 saturated carbocycles. The smallest absolute Gasteiger partial charge is 0.219 e. The molecule has 0 atom stereocenters. The average Bonchev–Trinajstić information content (AvgIpc) is 2.33. The van der Waals surface area contributed by atoms with Gasteiger partial charge in [0.1, 0.15) is 0 Å². The first-order chi connectivity index (χ1) is 8.31. The van der Waals surface area contributed by atoms with Crippen LogP contribution in [0, 0.1) is 0 Å². The molecule has 0 aromatic carbocycles. The molecule has 0 unspecified atom stereocenters. The summed E-state index contributed by atoms with van der Waals surface area (Å²) in [7, 11) is 0. The van der Waals surface area contributed by atoms with Gasteiger partial charge >= 0.3 is 0 Å². The van der Waals surface area contributed by atoms with Crippen LogP contribution in [0.15, 0.2) is 0 Å². The fourth-order valence-electron chi connectivity index (χ4n) is 1.55. The van der Waals surface area contributed by atoms with Crippen LogP contribution in [-0.2, 0) is 9.53 Å². The standard InChI is InChI=1S/C13H27NO3/c1-2-3-4-5-6-8-13(16)14-9-7-11-17-12-10-15/h15H,2-12H2,1H3,(H,14,16). The summed E-state index contributed by atoms with van der Waals surface area (Å²) >= 11 is 0. The number of hydrogen-bond acceptors (Lipinski definition) is 3. The largest absolute Gasteiger partial charge is 0.394 e. The number of carbonyl (C=O) groups is 1. The Morgan fingerprint density at radius 3 is 2.59 bits per heavy atom. The van der Waals surface area contributed by atoms with Crippen molar-refractivity contribution in [3.05, 3.63) is 0 Å². The highest BCUT2D eigenvalue weighted by molar-refractivity contribution is 5.75. The van der Waals surface area contributed by atoms with Crippen LogP contribution in [0.2, 0.25) is 0 Å². The molecule has 0 bridgehead atoms. The number of carbonyl (C=O) groups excluding carboxylic acids is 1. The summed E-state index contributed by atoms with van der Waals surface area (Å²) in [6.07, 6.45) is 7.33. The molecule has 0 aliphatic carbocycles. The van der Waals surface area contributed by atoms with Gasteiger partial charge in [-0.15, -0.1) is 0 Å². The highest BCUT2D eigenvalue weighted by Gasteiger charge is 1.99. The summed E-state index contributed by atoms with van der Waals surface area (Å²) in [6.45, 7) is 3.89. The van der Waals surface area contributed by atoms with E-state index in [4.69, 9.17) is 9.84 Å². The lowest BCUT2D eigenvalue weighted by Gasteiger charge is -2.05. The Labute approximate surface area is 105 Å². The van der Waals surface area contributed by atoms with Crippen molar-refractivity contribution in [2.24, 2.45) is 0 Å². The third-order valence-electron chi connectivity index (χ3n) is 2.53. The van der Waals surface area contributed by atoms with Gasteiger partial charge in [-0.3, -0.25) is 4.79 Å². The number of rotatable bonds is 12. The number of aliphatic hydroxyl groups excluding tert-OH is 1. The number of aliphatic hydroxyl groups is 1. The van der Waals surface area contributed by atoms with Gasteiger partial charge in [0, 0.05) is 19.6 Å². The minimum Gasteiger partial charge on any atom is -0.394 e. The van der Waals surface area contributed by atoms with Gasteiger partial charge in [0.25, 0.3) is 0 Å². The summed E-state index contributed by atoms with van der Waals surface area (Å²) in [5.74, 6) is 0.142. The summed E-state index contributed by atoms with van der Waals surface area (Å²) in [5.41, 5.74) is 0. The summed E-state index contributed by atoms with van der Waals surface area (Å²) in [6, 6.07) is 0. The van der Waals surface area contributed by atoms with Crippen molar-refractivity contribution >= 4 is 5.91 Å². The number of unbranched alkanes of at least 4 members (excludes halogenated alkanes) is 4. The van der Waals surface area contributed by atoms with Crippen molar-refractivity contribution in [2.75, 3.05) is 26.4 Å². The predicted octanol–water partition coefficient (Wildman–Crippen LogP) is 1.86. The zero-order valence-electron chi connectivity index (χ0n) is 11.0. The van der Waals surface area contributed by atoms with E-state index in [1.54, 1.807) is 0 Å². The van der Waals surface area contributed by atoms with E-state index in [1.807, 2.05) is 0 Å². The molecule has 2 N–H and O–H groups in total. The minimum atomic E-state index is 0.0596. The van der Waals surface area contributed by atoms with Crippen LogP contribution in [0.5, 0.6) is 0 Å². The van der Waals surface area contributed by atoms with Crippen LogP contribution in [-0.4, -0.2) is 37.4 Å². The second kappa shape index (κ2) is 13.5. The van der Waals surface area contributed by atoms with Crippen molar-refractivity contribution in [3.63, 3.8) is 0 Å². The molecular formula is C13H27NO3. The molecule has 0 aliphatic rings. The van der Waals surface area contributed by atoms with Crippen LogP contribution in [0.3, 0.4) is 0 Å². The Hall–Kier alpha value is -0.610. The third kappa shape index (κ3) is 13.3. The highest BCUT2D eigenvalue weighted by Crippen LogP contribution is 2.04. The third-order valence-corrected chi connectivity index (χ3v) is 2.53. The molecule has 4 heteroatoms. The van der Waals surface area contributed by atoms with Crippen LogP contribution in [0.25, 0.3) is 0 Å². The zero-order chi connectivity index (χ0) is 12.8. The molecule has 0 spiro atoms. The first-order valence-corrected chi connectivity index (χ1v) is 6.76. The normalized spacial score (nSPS) is 10.5. The molecule has 0 aromatic rings. The average molecular weight is 245 g/mol. The highest BCUT2D eigenvalue weighted by atomic mass is 16.5. The molecular weight excluding hydrogens is 218 g/mol. The first-order valence-electron chi connectivity index (χ1n) is 6.76. The Bertz CT molecular complexity index is 174. The van der Waals surface area contributed by atoms with Crippen molar-refractivity contribution in [2.45, 2.75) is 51.9 Å². The fourth-order valence-corrected chi connectivity index (χ4v) is 1.55. The van der Waals surface area contributed by atoms with E-state index >= 15 is 0 Å². The lowest BCUT2D eigenvalue weighted by atomic mass is 10.1. The van der Waals surface area contributed by atoms with Crippen molar-refractivity contribution in [1.29, 1.82) is 0 Å². The fraction of sp³-hybridized carbons (Fsp3) is 0.923. The number of hydrogen-bond donors (Lipinski definition) is 2. The van der Waals surface area contributed by atoms with Crippen molar-refractivity contribution < 1.29 is 14.6 Å². The van der Waals surface area contributed by atoms with Crippen LogP contribution >= 0.6 is 0 Å². The molecule has 0 saturated heterocycles. The van der Waals surface area contributed by atoms with Gasteiger partial charge in [-0.1, -0.05) is 32.6 Å². The van der Waals surface area contributed by atoms with Crippen molar-refractivity contribution in [3.8, 4) is 0 Å². The molecule has 0 fully saturated rings. The number of amides is 1. The maximum atomic E-state index is 11.4. The first kappa shape index (κ1) is 16.4. The van der Waals surface area contributed by atoms with E-state index in [0.29, 0.717) is 26.2 Å². The van der Waals surface area contributed by atoms with Gasteiger partial charge in [0.05, 0.1) is 13.2 Å². The van der Waals surface area contributed by atoms with Crippen molar-refractivity contribution in [1.82, 2.24) is 5.32 Å². The minimum absolute atomic E-state index is 0.0596. The SMILES string of the molecule is CCCCCCCC(=O)NCCCOCCO. The summed E-state index contributed by atoms with van der Waals surface area (Å²) < 4.78 is 5.09. The number of nitrogens with one attached hydrogen (secondary N) is 1. The van der Waals surface area contributed by atoms with Gasteiger partial charge in [-0.25, -0.2) is 0 Å². The lowest BCUT2D eigenvalue weighted by molar-refractivity contribution is -0.121. The predicted molar refractivity (Wildman–Crippen MR) is 68.9 cm³/mol. The zero-order valence-corrected chi connectivity index (χ0v) is 11.0. The molecule has 4 nitrogen and oxygen atoms in total. The molecule has 102 valence electrons. The lowest BCUT2D eigenvalue weighted by Crippen LogP contribution is -2.25. The molecule has 17 heavy (non-hydrogen) atoms. The van der Waals surface area contributed by atoms with Crippen LogP contribution in [0.4, 0.5) is 0 Å². The van der Waals surface area contributed by atoms with Gasteiger partial charge in [0.15, 0.2) is 0 Å². The Kier molecular flexibility index (Phi) is 13.0. The van der Waals surface area contributed by atoms with Gasteiger partial charge < -0.3 is 15.2 Å². The Morgan fingerprint density at radius 1 is 1.12 bits per heavy atom. The quantitative estimate of drug-likeness (QED) is 0.516. The second-order valence-corrected chi connectivity index (χ2v) is 4.20.